The van der Waals surface area contributed by atoms with Gasteiger partial charge in [0.25, 0.3) is 5.91 Å². The highest BCUT2D eigenvalue weighted by molar-refractivity contribution is 5.92. The molecule has 1 atom stereocenters. The Morgan fingerprint density at radius 1 is 1.42 bits per heavy atom. The normalized spacial score (nSPS) is 17.7. The Balaban J connectivity index is 2.26. The van der Waals surface area contributed by atoms with E-state index in [0.717, 1.165) is 18.5 Å². The fourth-order valence-electron chi connectivity index (χ4n) is 3.15. The zero-order chi connectivity index (χ0) is 19.5. The first-order chi connectivity index (χ1) is 12.1. The molecule has 1 aromatic rings. The average Bonchev–Trinajstić information content (AvgIpc) is 3.19. The minimum absolute atomic E-state index is 0.0259. The van der Waals surface area contributed by atoms with Gasteiger partial charge in [-0.15, -0.1) is 0 Å². The van der Waals surface area contributed by atoms with Crippen LogP contribution in [0.15, 0.2) is 6.07 Å². The van der Waals surface area contributed by atoms with Crippen molar-refractivity contribution >= 4 is 11.9 Å². The van der Waals surface area contributed by atoms with Crippen LogP contribution in [-0.2, 0) is 15.1 Å². The maximum atomic E-state index is 13.1. The monoisotopic (exact) mass is 365 g/mol. The van der Waals surface area contributed by atoms with Crippen LogP contribution in [0.3, 0.4) is 0 Å². The number of hydrogen-bond acceptors (Lipinski definition) is 4. The summed E-state index contributed by atoms with van der Waals surface area (Å²) >= 11 is 0. The topological polar surface area (TPSA) is 84.7 Å². The summed E-state index contributed by atoms with van der Waals surface area (Å²) < 4.78 is 7.53. The molecule has 0 radical (unpaired) electrons. The third-order valence-corrected chi connectivity index (χ3v) is 4.51. The van der Waals surface area contributed by atoms with Crippen LogP contribution in [0, 0.1) is 0 Å². The summed E-state index contributed by atoms with van der Waals surface area (Å²) in [5.74, 6) is -0.918. The molecule has 1 unspecified atom stereocenters. The van der Waals surface area contributed by atoms with Gasteiger partial charge in [0, 0.05) is 25.4 Å². The lowest BCUT2D eigenvalue weighted by atomic mass is 10.1. The van der Waals surface area contributed by atoms with Gasteiger partial charge in [0.2, 0.25) is 0 Å². The first-order valence-electron chi connectivity index (χ1n) is 9.32. The number of carboxylic acid groups (broad SMARTS) is 1. The summed E-state index contributed by atoms with van der Waals surface area (Å²) in [4.78, 5) is 25.6. The van der Waals surface area contributed by atoms with Crippen molar-refractivity contribution in [1.82, 2.24) is 14.7 Å². The van der Waals surface area contributed by atoms with Crippen LogP contribution in [0.5, 0.6) is 0 Å². The Morgan fingerprint density at radius 2 is 2.12 bits per heavy atom. The van der Waals surface area contributed by atoms with Crippen molar-refractivity contribution in [3.8, 4) is 0 Å². The molecule has 1 fully saturated rings. The summed E-state index contributed by atoms with van der Waals surface area (Å²) in [6.45, 7) is 11.6. The van der Waals surface area contributed by atoms with Gasteiger partial charge in [-0.05, 0) is 45.6 Å². The van der Waals surface area contributed by atoms with E-state index in [1.54, 1.807) is 4.90 Å². The quantitative estimate of drug-likeness (QED) is 0.803. The Morgan fingerprint density at radius 3 is 2.58 bits per heavy atom. The number of carboxylic acids is 1. The number of ether oxygens (including phenoxy) is 1. The van der Waals surface area contributed by atoms with Crippen molar-refractivity contribution in [3.63, 3.8) is 0 Å². The van der Waals surface area contributed by atoms with Crippen molar-refractivity contribution in [2.45, 2.75) is 71.4 Å². The van der Waals surface area contributed by atoms with E-state index in [2.05, 4.69) is 39.7 Å². The van der Waals surface area contributed by atoms with Crippen LogP contribution in [0.1, 0.15) is 76.0 Å². The van der Waals surface area contributed by atoms with Crippen LogP contribution in [0.4, 0.5) is 0 Å². The molecule has 1 aromatic heterocycles. The molecule has 0 spiro atoms. The van der Waals surface area contributed by atoms with Gasteiger partial charge in [0.15, 0.2) is 5.69 Å². The minimum Gasteiger partial charge on any atom is -0.481 e. The summed E-state index contributed by atoms with van der Waals surface area (Å²) in [6.07, 6.45) is 1.75. The molecule has 7 nitrogen and oxygen atoms in total. The molecule has 1 saturated heterocycles. The lowest BCUT2D eigenvalue weighted by Gasteiger charge is -2.25. The van der Waals surface area contributed by atoms with E-state index in [1.165, 1.54) is 0 Å². The molecule has 2 rings (SSSR count). The van der Waals surface area contributed by atoms with E-state index in [4.69, 9.17) is 9.84 Å². The molecule has 0 aliphatic carbocycles. The van der Waals surface area contributed by atoms with E-state index in [0.29, 0.717) is 18.8 Å². The molecule has 2 heterocycles. The second-order valence-electron chi connectivity index (χ2n) is 8.22. The van der Waals surface area contributed by atoms with Crippen LogP contribution in [0.25, 0.3) is 0 Å². The van der Waals surface area contributed by atoms with Gasteiger partial charge in [-0.1, -0.05) is 13.8 Å². The predicted octanol–water partition coefficient (Wildman–Crippen LogP) is 2.86. The minimum atomic E-state index is -0.918. The number of aliphatic carboxylic acids is 1. The van der Waals surface area contributed by atoms with Gasteiger partial charge >= 0.3 is 5.97 Å². The molecule has 1 amide bonds. The highest BCUT2D eigenvalue weighted by Crippen LogP contribution is 2.24. The maximum absolute atomic E-state index is 13.1. The number of carbonyl (C=O) groups is 2. The lowest BCUT2D eigenvalue weighted by Crippen LogP contribution is -2.39. The zero-order valence-electron chi connectivity index (χ0n) is 16.5. The van der Waals surface area contributed by atoms with Crippen LogP contribution in [-0.4, -0.2) is 57.5 Å². The third kappa shape index (κ3) is 5.06. The van der Waals surface area contributed by atoms with E-state index in [9.17, 15) is 9.59 Å². The molecule has 146 valence electrons. The zero-order valence-corrected chi connectivity index (χ0v) is 16.5. The highest BCUT2D eigenvalue weighted by atomic mass is 16.5. The van der Waals surface area contributed by atoms with Gasteiger partial charge in [0.1, 0.15) is 0 Å². The standard InChI is InChI=1S/C19H31N3O4/c1-13(2)16-11-15(20-22(16)19(3,4)5)18(25)21(9-8-17(23)24)12-14-7-6-10-26-14/h11,13-14H,6-10,12H2,1-5H3,(H,23,24). The molecule has 1 aliphatic rings. The SMILES string of the molecule is CC(C)c1cc(C(=O)N(CCC(=O)O)CC2CCCO2)nn1C(C)(C)C. The summed E-state index contributed by atoms with van der Waals surface area (Å²) in [5, 5.41) is 13.6. The molecule has 7 heteroatoms. The number of nitrogens with zero attached hydrogens (tertiary/aromatic N) is 3. The van der Waals surface area contributed by atoms with Crippen molar-refractivity contribution in [2.24, 2.45) is 0 Å². The first kappa shape index (κ1) is 20.4. The maximum Gasteiger partial charge on any atom is 0.305 e. The number of rotatable bonds is 7. The third-order valence-electron chi connectivity index (χ3n) is 4.51. The fourth-order valence-corrected chi connectivity index (χ4v) is 3.15. The largest absolute Gasteiger partial charge is 0.481 e. The van der Waals surface area contributed by atoms with Gasteiger partial charge in [0.05, 0.1) is 18.1 Å². The van der Waals surface area contributed by atoms with Crippen molar-refractivity contribution in [1.29, 1.82) is 0 Å². The summed E-state index contributed by atoms with van der Waals surface area (Å²) in [5.41, 5.74) is 1.13. The Hall–Kier alpha value is -1.89. The molecular formula is C19H31N3O4. The van der Waals surface area contributed by atoms with Gasteiger partial charge in [-0.3, -0.25) is 14.3 Å². The van der Waals surface area contributed by atoms with E-state index >= 15 is 0 Å². The van der Waals surface area contributed by atoms with Crippen molar-refractivity contribution in [3.05, 3.63) is 17.5 Å². The fraction of sp³-hybridized carbons (Fsp3) is 0.737. The number of hydrogen-bond donors (Lipinski definition) is 1. The lowest BCUT2D eigenvalue weighted by molar-refractivity contribution is -0.137. The number of amides is 1. The summed E-state index contributed by atoms with van der Waals surface area (Å²) in [6, 6.07) is 1.83. The van der Waals surface area contributed by atoms with Crippen LogP contribution in [0.2, 0.25) is 0 Å². The second kappa shape index (κ2) is 8.20. The molecule has 0 aromatic carbocycles. The Kier molecular flexibility index (Phi) is 6.44. The smallest absolute Gasteiger partial charge is 0.305 e. The van der Waals surface area contributed by atoms with E-state index < -0.39 is 5.97 Å². The molecular weight excluding hydrogens is 334 g/mol. The van der Waals surface area contributed by atoms with Gasteiger partial charge < -0.3 is 14.7 Å². The van der Waals surface area contributed by atoms with Crippen LogP contribution >= 0.6 is 0 Å². The molecule has 0 bridgehead atoms. The molecule has 0 saturated carbocycles. The van der Waals surface area contributed by atoms with Gasteiger partial charge in [-0.2, -0.15) is 5.10 Å². The molecule has 26 heavy (non-hydrogen) atoms. The molecule has 1 aliphatic heterocycles. The highest BCUT2D eigenvalue weighted by Gasteiger charge is 2.28. The Bertz CT molecular complexity index is 640. The predicted molar refractivity (Wildman–Crippen MR) is 98.4 cm³/mol. The number of carbonyl (C=O) groups excluding carboxylic acids is 1. The van der Waals surface area contributed by atoms with Crippen molar-refractivity contribution < 1.29 is 19.4 Å². The van der Waals surface area contributed by atoms with Crippen LogP contribution < -0.4 is 0 Å². The van der Waals surface area contributed by atoms with E-state index in [-0.39, 0.29) is 36.4 Å². The number of aromatic nitrogens is 2. The first-order valence-corrected chi connectivity index (χ1v) is 9.32. The summed E-state index contributed by atoms with van der Waals surface area (Å²) in [7, 11) is 0. The van der Waals surface area contributed by atoms with Crippen molar-refractivity contribution in [2.75, 3.05) is 19.7 Å². The molecule has 1 N–H and O–H groups in total. The van der Waals surface area contributed by atoms with Gasteiger partial charge in [-0.25, -0.2) is 0 Å². The average molecular weight is 365 g/mol. The second-order valence-corrected chi connectivity index (χ2v) is 8.22. The Labute approximate surface area is 155 Å². The van der Waals surface area contributed by atoms with E-state index in [1.807, 2.05) is 10.7 Å².